The van der Waals surface area contributed by atoms with Crippen molar-refractivity contribution < 1.29 is 18.4 Å². The quantitative estimate of drug-likeness (QED) is 0.421. The van der Waals surface area contributed by atoms with Crippen molar-refractivity contribution in [3.05, 3.63) is 22.2 Å². The van der Waals surface area contributed by atoms with Gasteiger partial charge in [0.1, 0.15) is 5.69 Å². The number of nitro groups is 1. The van der Waals surface area contributed by atoms with Gasteiger partial charge in [0.25, 0.3) is 5.69 Å². The molecular weight excluding hydrogens is 280 g/mol. The summed E-state index contributed by atoms with van der Waals surface area (Å²) in [5.74, 6) is 0.528. The van der Waals surface area contributed by atoms with Crippen molar-refractivity contribution in [1.82, 2.24) is 0 Å². The van der Waals surface area contributed by atoms with E-state index in [1.54, 1.807) is 0 Å². The molecule has 1 aliphatic rings. The molecule has 0 bridgehead atoms. The van der Waals surface area contributed by atoms with Crippen molar-refractivity contribution in [2.75, 3.05) is 17.7 Å². The summed E-state index contributed by atoms with van der Waals surface area (Å²) in [7, 11) is -2.86. The van der Waals surface area contributed by atoms with Crippen LogP contribution in [0.2, 0.25) is 0 Å². The standard InChI is InChI=1S/C9H10N2O5S2/c12-3-5-4-17-8-2-6(18(15)16)1-7(11(13)14)9(8)10-5/h1-2,5,10,12,18H,3-4H2/t5-/m1/s1. The monoisotopic (exact) mass is 290 g/mol. The average Bonchev–Trinajstić information content (AvgIpc) is 2.36. The molecule has 98 valence electrons. The Labute approximate surface area is 108 Å². The fraction of sp³-hybridized carbons (Fsp3) is 0.333. The Balaban J connectivity index is 2.56. The Kier molecular flexibility index (Phi) is 3.73. The highest BCUT2D eigenvalue weighted by molar-refractivity contribution is 7.99. The van der Waals surface area contributed by atoms with Gasteiger partial charge < -0.3 is 10.4 Å². The number of anilines is 1. The van der Waals surface area contributed by atoms with E-state index in [0.717, 1.165) is 6.07 Å². The lowest BCUT2D eigenvalue weighted by Crippen LogP contribution is -2.29. The molecule has 0 amide bonds. The van der Waals surface area contributed by atoms with E-state index in [4.69, 9.17) is 5.11 Å². The number of fused-ring (bicyclic) bond motifs is 1. The molecule has 0 aliphatic carbocycles. The zero-order valence-electron chi connectivity index (χ0n) is 9.03. The summed E-state index contributed by atoms with van der Waals surface area (Å²) in [4.78, 5) is 10.7. The number of hydrogen-bond donors (Lipinski definition) is 3. The molecule has 0 radical (unpaired) electrons. The van der Waals surface area contributed by atoms with Crippen LogP contribution < -0.4 is 5.32 Å². The van der Waals surface area contributed by atoms with Gasteiger partial charge in [-0.05, 0) is 6.07 Å². The first kappa shape index (κ1) is 13.1. The van der Waals surface area contributed by atoms with Gasteiger partial charge in [-0.1, -0.05) is 0 Å². The van der Waals surface area contributed by atoms with E-state index in [1.165, 1.54) is 17.8 Å². The summed E-state index contributed by atoms with van der Waals surface area (Å²) in [5, 5.41) is 22.8. The maximum Gasteiger partial charge on any atom is 0.294 e. The number of rotatable bonds is 3. The van der Waals surface area contributed by atoms with Crippen LogP contribution in [0.3, 0.4) is 0 Å². The maximum atomic E-state index is 10.9. The number of nitro benzene ring substituents is 1. The van der Waals surface area contributed by atoms with Gasteiger partial charge in [0.05, 0.1) is 22.5 Å². The normalized spacial score (nSPS) is 18.2. The molecule has 0 fully saturated rings. The molecule has 2 rings (SSSR count). The van der Waals surface area contributed by atoms with Crippen molar-refractivity contribution in [1.29, 1.82) is 0 Å². The van der Waals surface area contributed by atoms with Gasteiger partial charge in [-0.2, -0.15) is 0 Å². The molecule has 1 aromatic carbocycles. The summed E-state index contributed by atoms with van der Waals surface area (Å²) in [6.45, 7) is -0.138. The number of hydrogen-bond acceptors (Lipinski definition) is 7. The minimum absolute atomic E-state index is 0.0767. The van der Waals surface area contributed by atoms with Crippen molar-refractivity contribution in [3.63, 3.8) is 0 Å². The molecule has 9 heteroatoms. The summed E-state index contributed by atoms with van der Waals surface area (Å²) >= 11 is 1.29. The lowest BCUT2D eigenvalue weighted by atomic mass is 10.2. The number of aliphatic hydroxyl groups is 1. The molecule has 0 saturated heterocycles. The molecule has 1 heterocycles. The van der Waals surface area contributed by atoms with Gasteiger partial charge in [0.2, 0.25) is 0 Å². The van der Waals surface area contributed by atoms with Crippen LogP contribution in [0.5, 0.6) is 0 Å². The third-order valence-corrected chi connectivity index (χ3v) is 4.36. The molecule has 1 atom stereocenters. The van der Waals surface area contributed by atoms with E-state index >= 15 is 0 Å². The second kappa shape index (κ2) is 5.12. The number of benzene rings is 1. The first-order chi connectivity index (χ1) is 8.52. The van der Waals surface area contributed by atoms with Gasteiger partial charge in [0.15, 0.2) is 10.7 Å². The van der Waals surface area contributed by atoms with E-state index < -0.39 is 15.6 Å². The van der Waals surface area contributed by atoms with E-state index in [1.807, 2.05) is 0 Å². The summed E-state index contributed by atoms with van der Waals surface area (Å²) in [5.41, 5.74) is -0.0109. The second-order valence-electron chi connectivity index (χ2n) is 3.69. The van der Waals surface area contributed by atoms with Gasteiger partial charge in [-0.25, -0.2) is 8.42 Å². The fourth-order valence-corrected chi connectivity index (χ4v) is 3.27. The SMILES string of the molecule is O=[N+]([O-])c1cc([SH](=O)=O)cc2c1N[C@H](CO)CS2. The molecule has 0 spiro atoms. The minimum atomic E-state index is -2.86. The van der Waals surface area contributed by atoms with E-state index in [0.29, 0.717) is 10.6 Å². The highest BCUT2D eigenvalue weighted by Gasteiger charge is 2.27. The van der Waals surface area contributed by atoms with Crippen LogP contribution in [0.15, 0.2) is 21.9 Å². The summed E-state index contributed by atoms with van der Waals surface area (Å²) in [6, 6.07) is 2.16. The van der Waals surface area contributed by atoms with Crippen LogP contribution >= 0.6 is 11.8 Å². The van der Waals surface area contributed by atoms with Gasteiger partial charge >= 0.3 is 0 Å². The third-order valence-electron chi connectivity index (χ3n) is 2.48. The van der Waals surface area contributed by atoms with Crippen LogP contribution in [-0.4, -0.2) is 36.8 Å². The number of thioether (sulfide) groups is 1. The van der Waals surface area contributed by atoms with Gasteiger partial charge in [-0.3, -0.25) is 10.1 Å². The van der Waals surface area contributed by atoms with Crippen molar-refractivity contribution in [2.45, 2.75) is 15.8 Å². The van der Waals surface area contributed by atoms with Crippen molar-refractivity contribution in [2.24, 2.45) is 0 Å². The van der Waals surface area contributed by atoms with Crippen molar-refractivity contribution in [3.8, 4) is 0 Å². The molecule has 0 unspecified atom stereocenters. The number of nitrogens with one attached hydrogen (secondary N) is 1. The predicted octanol–water partition coefficient (Wildman–Crippen LogP) is 0.444. The Morgan fingerprint density at radius 3 is 2.83 bits per heavy atom. The molecule has 1 aromatic rings. The van der Waals surface area contributed by atoms with Crippen LogP contribution in [0.25, 0.3) is 0 Å². The number of nitrogens with zero attached hydrogens (tertiary/aromatic N) is 1. The van der Waals surface area contributed by atoms with E-state index in [2.05, 4.69) is 5.32 Å². The smallest absolute Gasteiger partial charge is 0.294 e. The predicted molar refractivity (Wildman–Crippen MR) is 66.9 cm³/mol. The van der Waals surface area contributed by atoms with E-state index in [9.17, 15) is 18.5 Å². The van der Waals surface area contributed by atoms with Gasteiger partial charge in [0, 0.05) is 16.7 Å². The lowest BCUT2D eigenvalue weighted by Gasteiger charge is -2.24. The van der Waals surface area contributed by atoms with Crippen LogP contribution in [0.1, 0.15) is 0 Å². The molecule has 18 heavy (non-hydrogen) atoms. The molecule has 0 saturated carbocycles. The minimum Gasteiger partial charge on any atom is -0.394 e. The number of thiol groups is 1. The Bertz CT molecular complexity index is 564. The first-order valence-corrected chi connectivity index (χ1v) is 7.16. The highest BCUT2D eigenvalue weighted by Crippen LogP contribution is 2.40. The maximum absolute atomic E-state index is 10.9. The van der Waals surface area contributed by atoms with Gasteiger partial charge in [-0.15, -0.1) is 11.8 Å². The Morgan fingerprint density at radius 2 is 2.28 bits per heavy atom. The number of aliphatic hydroxyl groups excluding tert-OH is 1. The highest BCUT2D eigenvalue weighted by atomic mass is 32.2. The Hall–Kier alpha value is -1.32. The zero-order chi connectivity index (χ0) is 13.3. The molecule has 1 aliphatic heterocycles. The topological polar surface area (TPSA) is 110 Å². The molecule has 2 N–H and O–H groups in total. The first-order valence-electron chi connectivity index (χ1n) is 5.00. The summed E-state index contributed by atoms with van der Waals surface area (Å²) < 4.78 is 21.9. The third kappa shape index (κ3) is 2.42. The van der Waals surface area contributed by atoms with Crippen LogP contribution in [0.4, 0.5) is 11.4 Å². The fourth-order valence-electron chi connectivity index (χ4n) is 1.63. The largest absolute Gasteiger partial charge is 0.394 e. The zero-order valence-corrected chi connectivity index (χ0v) is 10.7. The van der Waals surface area contributed by atoms with E-state index in [-0.39, 0.29) is 28.9 Å². The molecular formula is C9H10N2O5S2. The van der Waals surface area contributed by atoms with Crippen LogP contribution in [0, 0.1) is 10.1 Å². The Morgan fingerprint density at radius 1 is 1.56 bits per heavy atom. The molecule has 0 aromatic heterocycles. The van der Waals surface area contributed by atoms with Crippen molar-refractivity contribution >= 4 is 33.8 Å². The van der Waals surface area contributed by atoms with Crippen LogP contribution in [-0.2, 0) is 10.7 Å². The summed E-state index contributed by atoms with van der Waals surface area (Å²) in [6.07, 6.45) is 0. The average molecular weight is 290 g/mol. The molecule has 7 nitrogen and oxygen atoms in total. The second-order valence-corrected chi connectivity index (χ2v) is 5.78. The lowest BCUT2D eigenvalue weighted by molar-refractivity contribution is -0.384.